The average molecular weight is 538 g/mol. The molecule has 1 N–H and O–H groups in total. The number of amides is 1. The Morgan fingerprint density at radius 1 is 1.30 bits per heavy atom. The number of thiophene rings is 1. The summed E-state index contributed by atoms with van der Waals surface area (Å²) in [5.74, 6) is 1.14. The molecule has 3 aromatic rings. The zero-order valence-corrected chi connectivity index (χ0v) is 22.8. The number of aryl methyl sites for hydroxylation is 2. The second-order valence-electron chi connectivity index (χ2n) is 9.09. The summed E-state index contributed by atoms with van der Waals surface area (Å²) in [7, 11) is 0. The molecule has 0 fully saturated rings. The summed E-state index contributed by atoms with van der Waals surface area (Å²) >= 11 is 3.11. The van der Waals surface area contributed by atoms with E-state index in [0.29, 0.717) is 38.2 Å². The van der Waals surface area contributed by atoms with Crippen molar-refractivity contribution >= 4 is 34.6 Å². The molecule has 0 aliphatic heterocycles. The predicted octanol–water partition coefficient (Wildman–Crippen LogP) is 5.56. The number of nitrogens with zero attached hydrogens (tertiary/aromatic N) is 2. The van der Waals surface area contributed by atoms with E-state index in [1.165, 1.54) is 0 Å². The normalized spacial score (nSPS) is 14.5. The molecule has 1 amide bonds. The van der Waals surface area contributed by atoms with Gasteiger partial charge in [0.1, 0.15) is 17.6 Å². The third-order valence-electron chi connectivity index (χ3n) is 6.39. The highest BCUT2D eigenvalue weighted by Gasteiger charge is 2.27. The van der Waals surface area contributed by atoms with Crippen LogP contribution in [0.5, 0.6) is 5.75 Å². The molecule has 1 aromatic carbocycles. The average Bonchev–Trinajstić information content (AvgIpc) is 3.47. The number of ether oxygens (including phenoxy) is 2. The highest BCUT2D eigenvalue weighted by molar-refractivity contribution is 7.12. The Hall–Kier alpha value is -3.22. The summed E-state index contributed by atoms with van der Waals surface area (Å²) in [5, 5.41) is 15.5. The van der Waals surface area contributed by atoms with E-state index < -0.39 is 6.09 Å². The van der Waals surface area contributed by atoms with Crippen molar-refractivity contribution in [3.05, 3.63) is 66.8 Å². The molecular weight excluding hydrogens is 506 g/mol. The number of ketones is 1. The Morgan fingerprint density at radius 3 is 2.89 bits per heavy atom. The topological polar surface area (TPSA) is 101 Å². The van der Waals surface area contributed by atoms with E-state index in [-0.39, 0.29) is 18.1 Å². The maximum Gasteiger partial charge on any atom is 0.407 e. The molecule has 0 saturated carbocycles. The molecule has 1 aliphatic rings. The number of carbonyl (C=O) groups excluding carboxylic acids is 2. The van der Waals surface area contributed by atoms with Gasteiger partial charge >= 0.3 is 6.09 Å². The number of aromatic nitrogens is 1. The second kappa shape index (κ2) is 12.8. The van der Waals surface area contributed by atoms with Crippen molar-refractivity contribution in [2.75, 3.05) is 13.2 Å². The molecule has 37 heavy (non-hydrogen) atoms. The van der Waals surface area contributed by atoms with Crippen molar-refractivity contribution in [2.45, 2.75) is 58.9 Å². The van der Waals surface area contributed by atoms with Gasteiger partial charge in [-0.25, -0.2) is 9.78 Å². The van der Waals surface area contributed by atoms with E-state index in [2.05, 4.69) is 16.4 Å². The summed E-state index contributed by atoms with van der Waals surface area (Å²) < 4.78 is 11.1. The fourth-order valence-electron chi connectivity index (χ4n) is 4.55. The Balaban J connectivity index is 1.29. The summed E-state index contributed by atoms with van der Waals surface area (Å²) in [6.45, 7) is 5.13. The Labute approximate surface area is 225 Å². The summed E-state index contributed by atoms with van der Waals surface area (Å²) in [6, 6.07) is 10.1. The molecule has 4 rings (SSSR count). The molecule has 0 radical (unpaired) electrons. The standard InChI is InChI=1S/C28H31N3O4S2/c1-3-34-25-7-5-4-6-20(25)9-10-22(32)13-27-24(14-29)23-11-8-19(12-26(23)37-27)16-35-28(33)30-15-21-17-36-18(2)31-21/h4-7,17,19H,3,8-13,15-16H2,1-2H3,(H,30,33). The van der Waals surface area contributed by atoms with Crippen molar-refractivity contribution in [3.63, 3.8) is 0 Å². The number of hydrogen-bond acceptors (Lipinski definition) is 8. The number of benzene rings is 1. The van der Waals surface area contributed by atoms with Crippen LogP contribution in [0.15, 0.2) is 29.6 Å². The summed E-state index contributed by atoms with van der Waals surface area (Å²) in [4.78, 5) is 31.3. The second-order valence-corrected chi connectivity index (χ2v) is 11.3. The molecular formula is C28H31N3O4S2. The number of carbonyl (C=O) groups is 2. The van der Waals surface area contributed by atoms with Crippen LogP contribution in [-0.2, 0) is 41.8 Å². The van der Waals surface area contributed by atoms with Crippen LogP contribution < -0.4 is 10.1 Å². The third kappa shape index (κ3) is 7.18. The zero-order chi connectivity index (χ0) is 26.2. The van der Waals surface area contributed by atoms with Crippen molar-refractivity contribution < 1.29 is 19.1 Å². The molecule has 194 valence electrons. The highest BCUT2D eigenvalue weighted by Crippen LogP contribution is 2.37. The molecule has 1 atom stereocenters. The van der Waals surface area contributed by atoms with E-state index >= 15 is 0 Å². The lowest BCUT2D eigenvalue weighted by Crippen LogP contribution is -2.27. The number of thiazole rings is 1. The number of Topliss-reactive ketones (excluding diaryl/α,β-unsaturated/α-hetero) is 1. The van der Waals surface area contributed by atoms with E-state index in [1.807, 2.05) is 43.5 Å². The van der Waals surface area contributed by atoms with E-state index in [4.69, 9.17) is 9.47 Å². The first kappa shape index (κ1) is 26.8. The number of rotatable bonds is 11. The van der Waals surface area contributed by atoms with E-state index in [1.54, 1.807) is 22.7 Å². The number of alkyl carbamates (subject to hydrolysis) is 1. The minimum Gasteiger partial charge on any atom is -0.494 e. The predicted molar refractivity (Wildman–Crippen MR) is 144 cm³/mol. The first-order valence-corrected chi connectivity index (χ1v) is 14.2. The third-order valence-corrected chi connectivity index (χ3v) is 8.46. The fraction of sp³-hybridized carbons (Fsp3) is 0.429. The molecule has 0 spiro atoms. The highest BCUT2D eigenvalue weighted by atomic mass is 32.1. The van der Waals surface area contributed by atoms with Crippen molar-refractivity contribution in [1.29, 1.82) is 5.26 Å². The van der Waals surface area contributed by atoms with Gasteiger partial charge in [-0.2, -0.15) is 5.26 Å². The molecule has 1 unspecified atom stereocenters. The maximum absolute atomic E-state index is 12.8. The SMILES string of the molecule is CCOc1ccccc1CCC(=O)Cc1sc2c(c1C#N)CCC(COC(=O)NCc1csc(C)n1)C2. The van der Waals surface area contributed by atoms with Gasteiger partial charge < -0.3 is 14.8 Å². The quantitative estimate of drug-likeness (QED) is 0.344. The van der Waals surface area contributed by atoms with E-state index in [9.17, 15) is 14.9 Å². The minimum atomic E-state index is -0.447. The van der Waals surface area contributed by atoms with Crippen LogP contribution in [0.1, 0.15) is 56.9 Å². The van der Waals surface area contributed by atoms with Crippen molar-refractivity contribution in [1.82, 2.24) is 10.3 Å². The monoisotopic (exact) mass is 537 g/mol. The largest absolute Gasteiger partial charge is 0.494 e. The molecule has 0 saturated heterocycles. The van der Waals surface area contributed by atoms with Gasteiger partial charge in [0.25, 0.3) is 0 Å². The zero-order valence-electron chi connectivity index (χ0n) is 21.2. The number of fused-ring (bicyclic) bond motifs is 1. The Kier molecular flexibility index (Phi) is 9.31. The maximum atomic E-state index is 12.8. The first-order valence-electron chi connectivity index (χ1n) is 12.5. The number of nitriles is 1. The van der Waals surface area contributed by atoms with Crippen LogP contribution in [-0.4, -0.2) is 30.1 Å². The number of hydrogen-bond donors (Lipinski definition) is 1. The minimum absolute atomic E-state index is 0.119. The Bertz CT molecular complexity index is 1290. The lowest BCUT2D eigenvalue weighted by Gasteiger charge is -2.22. The first-order chi connectivity index (χ1) is 18.0. The smallest absolute Gasteiger partial charge is 0.407 e. The van der Waals surface area contributed by atoms with Crippen molar-refractivity contribution in [2.24, 2.45) is 5.92 Å². The summed E-state index contributed by atoms with van der Waals surface area (Å²) in [6.07, 6.45) is 3.21. The van der Waals surface area contributed by atoms with Gasteiger partial charge in [-0.1, -0.05) is 18.2 Å². The molecule has 1 aliphatic carbocycles. The van der Waals surface area contributed by atoms with E-state index in [0.717, 1.165) is 56.6 Å². The van der Waals surface area contributed by atoms with Crippen molar-refractivity contribution in [3.8, 4) is 11.8 Å². The van der Waals surface area contributed by atoms with Gasteiger partial charge in [-0.05, 0) is 62.6 Å². The number of para-hydroxylation sites is 1. The van der Waals surface area contributed by atoms with Gasteiger partial charge in [-0.15, -0.1) is 22.7 Å². The van der Waals surface area contributed by atoms with Crippen LogP contribution in [0.4, 0.5) is 4.79 Å². The number of nitrogens with one attached hydrogen (secondary N) is 1. The van der Waals surface area contributed by atoms with Crippen LogP contribution >= 0.6 is 22.7 Å². The molecule has 0 bridgehead atoms. The van der Waals surface area contributed by atoms with Crippen LogP contribution in [0.25, 0.3) is 0 Å². The molecule has 2 heterocycles. The fourth-order valence-corrected chi connectivity index (χ4v) is 6.61. The lowest BCUT2D eigenvalue weighted by molar-refractivity contribution is -0.118. The van der Waals surface area contributed by atoms with Crippen LogP contribution in [0.3, 0.4) is 0 Å². The molecule has 7 nitrogen and oxygen atoms in total. The van der Waals surface area contributed by atoms with Crippen LogP contribution in [0, 0.1) is 24.2 Å². The summed E-state index contributed by atoms with van der Waals surface area (Å²) in [5.41, 5.74) is 3.58. The van der Waals surface area contributed by atoms with Gasteiger partial charge in [-0.3, -0.25) is 4.79 Å². The Morgan fingerprint density at radius 2 is 2.14 bits per heavy atom. The van der Waals surface area contributed by atoms with Gasteiger partial charge in [0.2, 0.25) is 0 Å². The van der Waals surface area contributed by atoms with Gasteiger partial charge in [0, 0.05) is 28.0 Å². The molecule has 2 aromatic heterocycles. The van der Waals surface area contributed by atoms with Gasteiger partial charge in [0.15, 0.2) is 0 Å². The lowest BCUT2D eigenvalue weighted by atomic mass is 9.87. The van der Waals surface area contributed by atoms with Crippen LogP contribution in [0.2, 0.25) is 0 Å². The van der Waals surface area contributed by atoms with Gasteiger partial charge in [0.05, 0.1) is 36.0 Å². The molecule has 9 heteroatoms.